The minimum atomic E-state index is -0.879. The molecule has 0 bridgehead atoms. The quantitative estimate of drug-likeness (QED) is 0.728. The maximum absolute atomic E-state index is 10.2. The molecule has 0 fully saturated rings. The van der Waals surface area contributed by atoms with Crippen molar-refractivity contribution in [3.05, 3.63) is 35.9 Å². The Balaban J connectivity index is 0.000000321. The predicted molar refractivity (Wildman–Crippen MR) is 76.1 cm³/mol. The van der Waals surface area contributed by atoms with Gasteiger partial charge in [0.1, 0.15) is 0 Å². The number of hydrogen-bond acceptors (Lipinski definition) is 2. The van der Waals surface area contributed by atoms with E-state index in [4.69, 9.17) is 5.11 Å². The van der Waals surface area contributed by atoms with Gasteiger partial charge in [-0.05, 0) is 38.1 Å². The zero-order valence-corrected chi connectivity index (χ0v) is 11.5. The number of rotatable bonds is 7. The molecule has 1 rings (SSSR count). The van der Waals surface area contributed by atoms with Crippen LogP contribution in [0, 0.1) is 0 Å². The predicted octanol–water partition coefficient (Wildman–Crippen LogP) is 3.56. The first-order valence-electron chi connectivity index (χ1n) is 6.71. The highest BCUT2D eigenvalue weighted by Crippen LogP contribution is 1.96. The van der Waals surface area contributed by atoms with Gasteiger partial charge in [0.05, 0.1) is 5.56 Å². The molecule has 0 amide bonds. The van der Waals surface area contributed by atoms with E-state index in [1.807, 2.05) is 0 Å². The lowest BCUT2D eigenvalue weighted by molar-refractivity contribution is 0.0697. The van der Waals surface area contributed by atoms with E-state index in [1.54, 1.807) is 30.3 Å². The third-order valence-corrected chi connectivity index (χ3v) is 2.43. The molecule has 0 aliphatic heterocycles. The lowest BCUT2D eigenvalue weighted by atomic mass is 10.2. The standard InChI is InChI=1S/C8H19N.C7H6O2/c1-3-5-7-9-8-6-4-2;8-7(9)6-4-2-1-3-5-6/h9H,3-8H2,1-2H3;1-5H,(H,8,9). The van der Waals surface area contributed by atoms with Gasteiger partial charge in [-0.1, -0.05) is 44.9 Å². The number of aromatic carboxylic acids is 1. The molecular formula is C15H25NO2. The molecule has 3 nitrogen and oxygen atoms in total. The summed E-state index contributed by atoms with van der Waals surface area (Å²) in [6.45, 7) is 6.86. The van der Waals surface area contributed by atoms with Crippen LogP contribution in [0.3, 0.4) is 0 Å². The molecule has 18 heavy (non-hydrogen) atoms. The monoisotopic (exact) mass is 251 g/mol. The van der Waals surface area contributed by atoms with Crippen LogP contribution in [-0.4, -0.2) is 24.2 Å². The van der Waals surface area contributed by atoms with Crippen molar-refractivity contribution in [3.8, 4) is 0 Å². The number of carbonyl (C=O) groups is 1. The first-order valence-corrected chi connectivity index (χ1v) is 6.71. The normalized spacial score (nSPS) is 9.44. The van der Waals surface area contributed by atoms with E-state index < -0.39 is 5.97 Å². The zero-order chi connectivity index (χ0) is 13.6. The Kier molecular flexibility index (Phi) is 11.2. The van der Waals surface area contributed by atoms with Gasteiger partial charge in [-0.15, -0.1) is 0 Å². The van der Waals surface area contributed by atoms with Crippen LogP contribution < -0.4 is 5.32 Å². The molecule has 1 aromatic rings. The minimum absolute atomic E-state index is 0.331. The Morgan fingerprint density at radius 3 is 1.89 bits per heavy atom. The summed E-state index contributed by atoms with van der Waals surface area (Å²) in [5.74, 6) is -0.879. The number of unbranched alkanes of at least 4 members (excludes halogenated alkanes) is 2. The van der Waals surface area contributed by atoms with Crippen molar-refractivity contribution in [2.75, 3.05) is 13.1 Å². The summed E-state index contributed by atoms with van der Waals surface area (Å²) >= 11 is 0. The molecule has 0 unspecified atom stereocenters. The van der Waals surface area contributed by atoms with Crippen molar-refractivity contribution in [1.82, 2.24) is 5.32 Å². The van der Waals surface area contributed by atoms with Gasteiger partial charge in [0.25, 0.3) is 0 Å². The smallest absolute Gasteiger partial charge is 0.335 e. The zero-order valence-electron chi connectivity index (χ0n) is 11.5. The number of carboxylic acid groups (broad SMARTS) is 1. The van der Waals surface area contributed by atoms with Crippen LogP contribution in [0.2, 0.25) is 0 Å². The topological polar surface area (TPSA) is 49.3 Å². The van der Waals surface area contributed by atoms with E-state index in [-0.39, 0.29) is 0 Å². The number of benzene rings is 1. The summed E-state index contributed by atoms with van der Waals surface area (Å²) in [6, 6.07) is 8.30. The summed E-state index contributed by atoms with van der Waals surface area (Å²) in [7, 11) is 0. The Bertz CT molecular complexity index is 293. The van der Waals surface area contributed by atoms with Crippen LogP contribution in [0.1, 0.15) is 49.9 Å². The van der Waals surface area contributed by atoms with Crippen molar-refractivity contribution >= 4 is 5.97 Å². The molecule has 0 aliphatic rings. The fourth-order valence-corrected chi connectivity index (χ4v) is 1.31. The molecule has 0 radical (unpaired) electrons. The van der Waals surface area contributed by atoms with Crippen molar-refractivity contribution in [2.24, 2.45) is 0 Å². The third-order valence-electron chi connectivity index (χ3n) is 2.43. The summed E-state index contributed by atoms with van der Waals surface area (Å²) in [4.78, 5) is 10.2. The lowest BCUT2D eigenvalue weighted by Crippen LogP contribution is -2.15. The Morgan fingerprint density at radius 2 is 1.56 bits per heavy atom. The van der Waals surface area contributed by atoms with Crippen LogP contribution in [0.15, 0.2) is 30.3 Å². The maximum Gasteiger partial charge on any atom is 0.335 e. The molecule has 102 valence electrons. The largest absolute Gasteiger partial charge is 0.478 e. The molecule has 3 heteroatoms. The number of nitrogens with one attached hydrogen (secondary N) is 1. The molecule has 0 spiro atoms. The van der Waals surface area contributed by atoms with Gasteiger partial charge < -0.3 is 10.4 Å². The van der Waals surface area contributed by atoms with Crippen LogP contribution in [-0.2, 0) is 0 Å². The molecule has 0 aromatic heterocycles. The van der Waals surface area contributed by atoms with Crippen LogP contribution in [0.5, 0.6) is 0 Å². The van der Waals surface area contributed by atoms with E-state index in [2.05, 4.69) is 19.2 Å². The highest BCUT2D eigenvalue weighted by molar-refractivity contribution is 5.87. The molecule has 0 saturated carbocycles. The highest BCUT2D eigenvalue weighted by Gasteiger charge is 1.96. The molecule has 2 N–H and O–H groups in total. The first-order chi connectivity index (χ1) is 8.72. The Morgan fingerprint density at radius 1 is 1.06 bits per heavy atom. The van der Waals surface area contributed by atoms with Crippen molar-refractivity contribution in [2.45, 2.75) is 39.5 Å². The van der Waals surface area contributed by atoms with Crippen LogP contribution >= 0.6 is 0 Å². The summed E-state index contributed by atoms with van der Waals surface area (Å²) in [6.07, 6.45) is 5.26. The highest BCUT2D eigenvalue weighted by atomic mass is 16.4. The summed E-state index contributed by atoms with van der Waals surface area (Å²) in [5.41, 5.74) is 0.331. The van der Waals surface area contributed by atoms with Crippen molar-refractivity contribution < 1.29 is 9.90 Å². The summed E-state index contributed by atoms with van der Waals surface area (Å²) in [5, 5.41) is 11.8. The molecule has 0 aliphatic carbocycles. The second-order valence-electron chi connectivity index (χ2n) is 4.13. The van der Waals surface area contributed by atoms with Crippen molar-refractivity contribution in [3.63, 3.8) is 0 Å². The van der Waals surface area contributed by atoms with Gasteiger partial charge in [0.15, 0.2) is 0 Å². The first kappa shape index (κ1) is 16.6. The molecule has 0 saturated heterocycles. The maximum atomic E-state index is 10.2. The Labute approximate surface area is 110 Å². The van der Waals surface area contributed by atoms with E-state index >= 15 is 0 Å². The molecule has 0 atom stereocenters. The van der Waals surface area contributed by atoms with E-state index in [0.29, 0.717) is 5.56 Å². The van der Waals surface area contributed by atoms with E-state index in [9.17, 15) is 4.79 Å². The van der Waals surface area contributed by atoms with Gasteiger partial charge in [-0.25, -0.2) is 4.79 Å². The number of hydrogen-bond donors (Lipinski definition) is 2. The van der Waals surface area contributed by atoms with E-state index in [0.717, 1.165) is 0 Å². The van der Waals surface area contributed by atoms with Crippen molar-refractivity contribution in [1.29, 1.82) is 0 Å². The molecule has 1 aromatic carbocycles. The average Bonchev–Trinajstić information content (AvgIpc) is 2.40. The average molecular weight is 251 g/mol. The number of carboxylic acids is 1. The minimum Gasteiger partial charge on any atom is -0.478 e. The van der Waals surface area contributed by atoms with Gasteiger partial charge in [0, 0.05) is 0 Å². The SMILES string of the molecule is CCCCNCCCC.O=C(O)c1ccccc1. The van der Waals surface area contributed by atoms with E-state index in [1.165, 1.54) is 38.8 Å². The fourth-order valence-electron chi connectivity index (χ4n) is 1.31. The molecule has 0 heterocycles. The van der Waals surface area contributed by atoms with Gasteiger partial charge in [-0.2, -0.15) is 0 Å². The second kappa shape index (κ2) is 12.1. The summed E-state index contributed by atoms with van der Waals surface area (Å²) < 4.78 is 0. The van der Waals surface area contributed by atoms with Crippen LogP contribution in [0.25, 0.3) is 0 Å². The lowest BCUT2D eigenvalue weighted by Gasteiger charge is -1.99. The van der Waals surface area contributed by atoms with Gasteiger partial charge in [-0.3, -0.25) is 0 Å². The molecular weight excluding hydrogens is 226 g/mol. The van der Waals surface area contributed by atoms with Gasteiger partial charge in [0.2, 0.25) is 0 Å². The van der Waals surface area contributed by atoms with Gasteiger partial charge >= 0.3 is 5.97 Å². The Hall–Kier alpha value is -1.35. The third kappa shape index (κ3) is 9.85. The fraction of sp³-hybridized carbons (Fsp3) is 0.533. The second-order valence-corrected chi connectivity index (χ2v) is 4.13. The van der Waals surface area contributed by atoms with Crippen LogP contribution in [0.4, 0.5) is 0 Å².